The molecule has 14 nitrogen and oxygen atoms in total. The molecular formula is C33H30Cl2F2N12O2. The van der Waals surface area contributed by atoms with E-state index in [1.165, 1.54) is 12.4 Å². The SMILES string of the molecule is O=C1NCCCC[C@@H]1Nc1nc(-c2c[nH]c3ncc(Cl)cc23)ncc1F.O=C1NCCC[C@@H]1Nc1nc(-c2c[nH]c3ncc(Cl)cc23)ncc1F. The fourth-order valence-electron chi connectivity index (χ4n) is 5.84. The van der Waals surface area contributed by atoms with Crippen LogP contribution < -0.4 is 21.3 Å². The molecule has 2 atom stereocenters. The van der Waals surface area contributed by atoms with Gasteiger partial charge in [-0.1, -0.05) is 23.2 Å². The van der Waals surface area contributed by atoms with Crippen LogP contribution in [0.25, 0.3) is 44.8 Å². The summed E-state index contributed by atoms with van der Waals surface area (Å²) < 4.78 is 28.3. The number of nitrogens with zero attached hydrogens (tertiary/aromatic N) is 6. The third-order valence-electron chi connectivity index (χ3n) is 8.41. The van der Waals surface area contributed by atoms with Crippen molar-refractivity contribution in [3.05, 3.63) is 71.0 Å². The number of piperidine rings is 1. The van der Waals surface area contributed by atoms with Gasteiger partial charge in [-0.3, -0.25) is 9.59 Å². The second-order valence-electron chi connectivity index (χ2n) is 11.9. The van der Waals surface area contributed by atoms with Gasteiger partial charge in [0.2, 0.25) is 11.8 Å². The minimum atomic E-state index is -0.613. The van der Waals surface area contributed by atoms with Crippen LogP contribution in [0.15, 0.2) is 49.3 Å². The molecule has 2 fully saturated rings. The van der Waals surface area contributed by atoms with Gasteiger partial charge in [-0.2, -0.15) is 0 Å². The molecular weight excluding hydrogens is 705 g/mol. The summed E-state index contributed by atoms with van der Waals surface area (Å²) in [6, 6.07) is 2.46. The maximum Gasteiger partial charge on any atom is 0.242 e. The van der Waals surface area contributed by atoms with Gasteiger partial charge < -0.3 is 31.2 Å². The molecule has 2 aliphatic heterocycles. The standard InChI is InChI=1S/C17H16ClFN6O.C16H14ClFN6O/c18-9-5-10-11(7-22-14(10)21-6-9)15-23-8-12(19)16(25-15)24-13-3-1-2-4-20-17(13)26;17-8-4-9-10(6-21-13(9)20-5-8)14-22-7-11(18)15(24-14)23-12-2-1-3-19-16(12)25/h5-8,13H,1-4H2,(H,20,26)(H,21,22)(H,23,24,25);4-7,12H,1-3H2,(H,19,25)(H,20,21)(H,22,23,24)/t13-;12-/m00/s1. The van der Waals surface area contributed by atoms with E-state index >= 15 is 0 Å². The van der Waals surface area contributed by atoms with E-state index in [1.807, 2.05) is 0 Å². The van der Waals surface area contributed by atoms with Crippen molar-refractivity contribution in [2.45, 2.75) is 44.2 Å². The van der Waals surface area contributed by atoms with Gasteiger partial charge in [-0.05, 0) is 44.2 Å². The molecule has 18 heteroatoms. The molecule has 262 valence electrons. The third kappa shape index (κ3) is 7.51. The summed E-state index contributed by atoms with van der Waals surface area (Å²) in [5.74, 6) is -0.898. The molecule has 51 heavy (non-hydrogen) atoms. The average molecular weight is 736 g/mol. The Bertz CT molecular complexity index is 2250. The zero-order chi connectivity index (χ0) is 35.5. The number of nitrogens with one attached hydrogen (secondary N) is 6. The average Bonchev–Trinajstić information content (AvgIpc) is 3.68. The van der Waals surface area contributed by atoms with E-state index in [0.29, 0.717) is 70.0 Å². The third-order valence-corrected chi connectivity index (χ3v) is 8.82. The number of hydrogen-bond acceptors (Lipinski definition) is 10. The first-order valence-corrected chi connectivity index (χ1v) is 16.9. The number of halogens is 4. The fourth-order valence-corrected chi connectivity index (χ4v) is 6.15. The van der Waals surface area contributed by atoms with Crippen LogP contribution in [-0.2, 0) is 9.59 Å². The van der Waals surface area contributed by atoms with Crippen LogP contribution in [0.4, 0.5) is 20.4 Å². The summed E-state index contributed by atoms with van der Waals surface area (Å²) in [5, 5.41) is 13.8. The number of hydrogen-bond donors (Lipinski definition) is 6. The van der Waals surface area contributed by atoms with Crippen LogP contribution in [0.3, 0.4) is 0 Å². The lowest BCUT2D eigenvalue weighted by molar-refractivity contribution is -0.123. The summed E-state index contributed by atoms with van der Waals surface area (Å²) in [5.41, 5.74) is 2.58. The lowest BCUT2D eigenvalue weighted by Gasteiger charge is -2.23. The van der Waals surface area contributed by atoms with Gasteiger partial charge >= 0.3 is 0 Å². The molecule has 6 aromatic rings. The highest BCUT2D eigenvalue weighted by Gasteiger charge is 2.25. The zero-order valence-corrected chi connectivity index (χ0v) is 28.2. The number of rotatable bonds is 6. The van der Waals surface area contributed by atoms with E-state index in [0.717, 1.165) is 42.4 Å². The Hall–Kier alpha value is -5.48. The Morgan fingerprint density at radius 3 is 1.63 bits per heavy atom. The summed E-state index contributed by atoms with van der Waals surface area (Å²) in [6.45, 7) is 1.27. The maximum absolute atomic E-state index is 14.2. The summed E-state index contributed by atoms with van der Waals surface area (Å²) >= 11 is 12.0. The number of H-pyrrole nitrogens is 2. The first-order chi connectivity index (χ1) is 24.7. The second-order valence-corrected chi connectivity index (χ2v) is 12.8. The molecule has 2 aliphatic rings. The van der Waals surface area contributed by atoms with E-state index < -0.39 is 23.7 Å². The van der Waals surface area contributed by atoms with Gasteiger partial charge in [-0.15, -0.1) is 0 Å². The maximum atomic E-state index is 14.2. The zero-order valence-electron chi connectivity index (χ0n) is 26.7. The number of aromatic amines is 2. The molecule has 2 saturated heterocycles. The quantitative estimate of drug-likeness (QED) is 0.129. The van der Waals surface area contributed by atoms with Gasteiger partial charge in [-0.25, -0.2) is 38.7 Å². The summed E-state index contributed by atoms with van der Waals surface area (Å²) in [4.78, 5) is 55.0. The lowest BCUT2D eigenvalue weighted by atomic mass is 10.1. The van der Waals surface area contributed by atoms with Crippen LogP contribution in [0, 0.1) is 11.6 Å². The Morgan fingerprint density at radius 2 is 1.12 bits per heavy atom. The first kappa shape index (κ1) is 34.0. The fraction of sp³-hybridized carbons (Fsp3) is 0.273. The van der Waals surface area contributed by atoms with Crippen LogP contribution in [0.5, 0.6) is 0 Å². The number of aromatic nitrogens is 8. The second kappa shape index (κ2) is 14.8. The number of carbonyl (C=O) groups is 2. The smallest absolute Gasteiger partial charge is 0.242 e. The van der Waals surface area contributed by atoms with Crippen LogP contribution in [0.2, 0.25) is 10.0 Å². The van der Waals surface area contributed by atoms with Crippen molar-refractivity contribution >= 4 is 68.7 Å². The largest absolute Gasteiger partial charge is 0.356 e. The van der Waals surface area contributed by atoms with Crippen molar-refractivity contribution in [2.24, 2.45) is 0 Å². The molecule has 0 aliphatic carbocycles. The minimum Gasteiger partial charge on any atom is -0.356 e. The molecule has 0 radical (unpaired) electrons. The number of amides is 2. The predicted octanol–water partition coefficient (Wildman–Crippen LogP) is 5.40. The highest BCUT2D eigenvalue weighted by Crippen LogP contribution is 2.30. The minimum absolute atomic E-state index is 0.00128. The van der Waals surface area contributed by atoms with Crippen molar-refractivity contribution in [2.75, 3.05) is 23.7 Å². The number of pyridine rings is 2. The molecule has 8 heterocycles. The van der Waals surface area contributed by atoms with Gasteiger partial charge in [0, 0.05) is 59.8 Å². The Morgan fingerprint density at radius 1 is 0.647 bits per heavy atom. The first-order valence-electron chi connectivity index (χ1n) is 16.1. The monoisotopic (exact) mass is 734 g/mol. The van der Waals surface area contributed by atoms with Gasteiger partial charge in [0.1, 0.15) is 23.4 Å². The van der Waals surface area contributed by atoms with Gasteiger partial charge in [0.25, 0.3) is 0 Å². The summed E-state index contributed by atoms with van der Waals surface area (Å²) in [6.07, 6.45) is 12.5. The van der Waals surface area contributed by atoms with E-state index in [-0.39, 0.29) is 23.5 Å². The highest BCUT2D eigenvalue weighted by atomic mass is 35.5. The Labute approximate surface area is 298 Å². The Kier molecular flexibility index (Phi) is 9.85. The van der Waals surface area contributed by atoms with E-state index in [1.54, 1.807) is 24.5 Å². The molecule has 6 N–H and O–H groups in total. The number of carbonyl (C=O) groups excluding carboxylic acids is 2. The van der Waals surface area contributed by atoms with Gasteiger partial charge in [0.15, 0.2) is 34.9 Å². The number of anilines is 2. The summed E-state index contributed by atoms with van der Waals surface area (Å²) in [7, 11) is 0. The van der Waals surface area contributed by atoms with Crippen molar-refractivity contribution < 1.29 is 18.4 Å². The molecule has 0 saturated carbocycles. The van der Waals surface area contributed by atoms with E-state index in [9.17, 15) is 18.4 Å². The predicted molar refractivity (Wildman–Crippen MR) is 188 cm³/mol. The lowest BCUT2D eigenvalue weighted by Crippen LogP contribution is -2.44. The normalized spacial score (nSPS) is 17.6. The van der Waals surface area contributed by atoms with E-state index in [2.05, 4.69) is 61.1 Å². The number of fused-ring (bicyclic) bond motifs is 2. The van der Waals surface area contributed by atoms with E-state index in [4.69, 9.17) is 23.2 Å². The Balaban J connectivity index is 0.000000159. The topological polar surface area (TPSA) is 191 Å². The van der Waals surface area contributed by atoms with Crippen LogP contribution >= 0.6 is 23.2 Å². The van der Waals surface area contributed by atoms with Gasteiger partial charge in [0.05, 0.1) is 22.4 Å². The van der Waals surface area contributed by atoms with Crippen molar-refractivity contribution in [1.82, 2.24) is 50.5 Å². The molecule has 0 spiro atoms. The van der Waals surface area contributed by atoms with Crippen molar-refractivity contribution in [1.29, 1.82) is 0 Å². The molecule has 0 aromatic carbocycles. The van der Waals surface area contributed by atoms with Crippen molar-refractivity contribution in [3.8, 4) is 22.8 Å². The molecule has 0 unspecified atom stereocenters. The van der Waals surface area contributed by atoms with Crippen LogP contribution in [0.1, 0.15) is 32.1 Å². The molecule has 6 aromatic heterocycles. The van der Waals surface area contributed by atoms with Crippen LogP contribution in [-0.4, -0.2) is 76.9 Å². The molecule has 2 amide bonds. The molecule has 8 rings (SSSR count). The molecule has 0 bridgehead atoms. The highest BCUT2D eigenvalue weighted by molar-refractivity contribution is 6.31. The van der Waals surface area contributed by atoms with Crippen molar-refractivity contribution in [3.63, 3.8) is 0 Å².